The maximum atomic E-state index is 5.73. The Morgan fingerprint density at radius 1 is 1.09 bits per heavy atom. The van der Waals surface area contributed by atoms with Crippen molar-refractivity contribution in [1.82, 2.24) is 0 Å². The molecule has 0 heterocycles. The molecule has 0 saturated heterocycles. The van der Waals surface area contributed by atoms with Gasteiger partial charge < -0.3 is 0 Å². The fourth-order valence-electron chi connectivity index (χ4n) is 0.530. The average Bonchev–Trinajstić information content (AvgIpc) is 1.93. The Hall–Kier alpha value is 0.994. The van der Waals surface area contributed by atoms with Crippen molar-refractivity contribution in [2.75, 3.05) is 0 Å². The molecule has 64 valence electrons. The van der Waals surface area contributed by atoms with Gasteiger partial charge in [-0.3, -0.25) is 0 Å². The van der Waals surface area contributed by atoms with Gasteiger partial charge in [0.05, 0.1) is 10.0 Å². The van der Waals surface area contributed by atoms with E-state index in [2.05, 4.69) is 25.3 Å². The van der Waals surface area contributed by atoms with Crippen molar-refractivity contribution in [2.45, 2.75) is 9.79 Å². The summed E-state index contributed by atoms with van der Waals surface area (Å²) in [7, 11) is 0. The van der Waals surface area contributed by atoms with Gasteiger partial charge in [0, 0.05) is 26.3 Å². The first-order valence-electron chi connectivity index (χ1n) is 2.49. The van der Waals surface area contributed by atoms with Crippen molar-refractivity contribution < 1.29 is 16.5 Å². The second kappa shape index (κ2) is 4.88. The van der Waals surface area contributed by atoms with Crippen LogP contribution in [0.25, 0.3) is 0 Å². The minimum absolute atomic E-state index is 0. The smallest absolute Gasteiger partial charge is 0.0736 e. The average molecular weight is 270 g/mol. The van der Waals surface area contributed by atoms with Gasteiger partial charge in [-0.05, 0) is 12.1 Å². The summed E-state index contributed by atoms with van der Waals surface area (Å²) in [5, 5.41) is 0.960. The van der Waals surface area contributed by atoms with E-state index in [1.165, 1.54) is 0 Å². The monoisotopic (exact) mass is 268 g/mol. The Bertz CT molecular complexity index is 238. The minimum atomic E-state index is 0. The van der Waals surface area contributed by atoms with E-state index < -0.39 is 0 Å². The van der Waals surface area contributed by atoms with Gasteiger partial charge in [-0.1, -0.05) is 23.2 Å². The molecule has 0 bridgehead atoms. The topological polar surface area (TPSA) is 0 Å². The third-order valence-electron chi connectivity index (χ3n) is 1.05. The van der Waals surface area contributed by atoms with Gasteiger partial charge in [-0.2, -0.15) is 0 Å². The molecule has 0 radical (unpaired) electrons. The number of hydrogen-bond acceptors (Lipinski definition) is 2. The third kappa shape index (κ3) is 2.75. The first-order valence-corrected chi connectivity index (χ1v) is 4.14. The molecule has 0 aliphatic rings. The maximum absolute atomic E-state index is 5.73. The quantitative estimate of drug-likeness (QED) is 0.522. The van der Waals surface area contributed by atoms with Crippen LogP contribution in [0.3, 0.4) is 0 Å². The molecule has 1 rings (SSSR count). The van der Waals surface area contributed by atoms with Crippen molar-refractivity contribution >= 4 is 48.5 Å². The second-order valence-corrected chi connectivity index (χ2v) is 3.44. The molecular weight excluding hydrogens is 266 g/mol. The van der Waals surface area contributed by atoms with Crippen molar-refractivity contribution in [3.63, 3.8) is 0 Å². The Morgan fingerprint density at radius 3 is 2.09 bits per heavy atom. The largest absolute Gasteiger partial charge is 0.142 e. The second-order valence-electron chi connectivity index (χ2n) is 1.73. The zero-order valence-electron chi connectivity index (χ0n) is 5.12. The van der Waals surface area contributed by atoms with E-state index in [-0.39, 0.29) is 16.5 Å². The Labute approximate surface area is 96.4 Å². The Morgan fingerprint density at radius 2 is 1.64 bits per heavy atom. The molecule has 1 aromatic rings. The molecule has 0 N–H and O–H groups in total. The summed E-state index contributed by atoms with van der Waals surface area (Å²) in [6.45, 7) is 0. The van der Waals surface area contributed by atoms with Gasteiger partial charge in [0.1, 0.15) is 0 Å². The van der Waals surface area contributed by atoms with E-state index in [1.54, 1.807) is 12.1 Å². The fraction of sp³-hybridized carbons (Fsp3) is 0. The van der Waals surface area contributed by atoms with Crippen molar-refractivity contribution in [3.8, 4) is 0 Å². The zero-order chi connectivity index (χ0) is 7.72. The van der Waals surface area contributed by atoms with Crippen molar-refractivity contribution in [2.24, 2.45) is 0 Å². The molecular formula is C6H4Cl2NiS2. The zero-order valence-corrected chi connectivity index (χ0v) is 9.41. The van der Waals surface area contributed by atoms with Crippen molar-refractivity contribution in [1.29, 1.82) is 0 Å². The fourth-order valence-corrected chi connectivity index (χ4v) is 1.37. The molecule has 1 aromatic carbocycles. The van der Waals surface area contributed by atoms with Crippen LogP contribution >= 0.6 is 48.5 Å². The number of hydrogen-bond donors (Lipinski definition) is 2. The molecule has 0 aromatic heterocycles. The molecule has 0 atom stereocenters. The third-order valence-corrected chi connectivity index (χ3v) is 3.00. The molecule has 0 aliphatic carbocycles. The van der Waals surface area contributed by atoms with Crippen LogP contribution < -0.4 is 0 Å². The molecule has 0 aliphatic heterocycles. The van der Waals surface area contributed by atoms with Crippen molar-refractivity contribution in [3.05, 3.63) is 22.2 Å². The standard InChI is InChI=1S/C6H4Cl2S2.Ni/c7-3-1-2-4(9)6(10)5(3)8;/h1-2,9-10H;. The van der Waals surface area contributed by atoms with E-state index in [9.17, 15) is 0 Å². The Balaban J connectivity index is 0.000001000. The molecule has 0 fully saturated rings. The molecule has 0 saturated carbocycles. The molecule has 0 spiro atoms. The van der Waals surface area contributed by atoms with Crippen LogP contribution in [0, 0.1) is 0 Å². The molecule has 0 amide bonds. The number of halogens is 2. The van der Waals surface area contributed by atoms with Gasteiger partial charge in [-0.15, -0.1) is 25.3 Å². The first-order chi connectivity index (χ1) is 4.63. The van der Waals surface area contributed by atoms with Crippen LogP contribution in [0.15, 0.2) is 21.9 Å². The van der Waals surface area contributed by atoms with Crippen LogP contribution in [0.5, 0.6) is 0 Å². The van der Waals surface area contributed by atoms with Gasteiger partial charge in [0.25, 0.3) is 0 Å². The summed E-state index contributed by atoms with van der Waals surface area (Å²) in [5.74, 6) is 0. The van der Waals surface area contributed by atoms with E-state index in [4.69, 9.17) is 23.2 Å². The van der Waals surface area contributed by atoms with Gasteiger partial charge in [0.15, 0.2) is 0 Å². The van der Waals surface area contributed by atoms with Gasteiger partial charge in [0.2, 0.25) is 0 Å². The van der Waals surface area contributed by atoms with Gasteiger partial charge in [-0.25, -0.2) is 0 Å². The predicted octanol–water partition coefficient (Wildman–Crippen LogP) is 3.57. The summed E-state index contributed by atoms with van der Waals surface area (Å²) in [4.78, 5) is 1.36. The van der Waals surface area contributed by atoms with E-state index in [0.717, 1.165) is 4.90 Å². The van der Waals surface area contributed by atoms with Crippen LogP contribution in [0.2, 0.25) is 10.0 Å². The molecule has 11 heavy (non-hydrogen) atoms. The number of benzene rings is 1. The minimum Gasteiger partial charge on any atom is -0.142 e. The van der Waals surface area contributed by atoms with E-state index in [1.807, 2.05) is 0 Å². The number of rotatable bonds is 0. The van der Waals surface area contributed by atoms with Crippen LogP contribution in [-0.4, -0.2) is 0 Å². The summed E-state index contributed by atoms with van der Waals surface area (Å²) in [5.41, 5.74) is 0. The SMILES string of the molecule is Sc1ccc(Cl)c(Cl)c1S.[Ni]. The summed E-state index contributed by atoms with van der Waals surface area (Å²) < 4.78 is 0. The van der Waals surface area contributed by atoms with E-state index >= 15 is 0 Å². The molecule has 5 heteroatoms. The van der Waals surface area contributed by atoms with Crippen LogP contribution in [-0.2, 0) is 16.5 Å². The summed E-state index contributed by atoms with van der Waals surface area (Å²) >= 11 is 19.6. The van der Waals surface area contributed by atoms with Crippen LogP contribution in [0.1, 0.15) is 0 Å². The Kier molecular flexibility index (Phi) is 5.32. The normalized spacial score (nSPS) is 9.09. The maximum Gasteiger partial charge on any atom is 0.0736 e. The summed E-state index contributed by atoms with van der Waals surface area (Å²) in [6.07, 6.45) is 0. The number of thiol groups is 2. The predicted molar refractivity (Wildman–Crippen MR) is 51.0 cm³/mol. The summed E-state index contributed by atoms with van der Waals surface area (Å²) in [6, 6.07) is 3.44. The molecule has 0 nitrogen and oxygen atoms in total. The van der Waals surface area contributed by atoms with Gasteiger partial charge >= 0.3 is 0 Å². The molecule has 0 unspecified atom stereocenters. The first kappa shape index (κ1) is 12.0. The van der Waals surface area contributed by atoms with Crippen LogP contribution in [0.4, 0.5) is 0 Å². The van der Waals surface area contributed by atoms with E-state index in [0.29, 0.717) is 14.9 Å².